The lowest BCUT2D eigenvalue weighted by Crippen LogP contribution is -2.42. The Morgan fingerprint density at radius 1 is 1.10 bits per heavy atom. The third kappa shape index (κ3) is 4.27. The van der Waals surface area contributed by atoms with Crippen LogP contribution in [-0.2, 0) is 10.0 Å². The minimum atomic E-state index is -3.95. The van der Waals surface area contributed by atoms with Gasteiger partial charge in [-0.05, 0) is 61.4 Å². The van der Waals surface area contributed by atoms with Crippen LogP contribution in [0.25, 0.3) is 22.8 Å². The van der Waals surface area contributed by atoms with Crippen LogP contribution in [0.3, 0.4) is 0 Å². The third-order valence-electron chi connectivity index (χ3n) is 4.74. The fourth-order valence-corrected chi connectivity index (χ4v) is 5.21. The number of benzene rings is 2. The summed E-state index contributed by atoms with van der Waals surface area (Å²) >= 11 is 9.36. The first-order valence-corrected chi connectivity index (χ1v) is 11.7. The minimum absolute atomic E-state index is 0.0445. The normalized spacial score (nSPS) is 18.1. The van der Waals surface area contributed by atoms with E-state index in [1.165, 1.54) is 4.31 Å². The molecule has 6 nitrogen and oxygen atoms in total. The molecule has 0 bridgehead atoms. The number of piperidine rings is 1. The number of oxazole rings is 1. The number of hydrogen-bond donors (Lipinski definition) is 1. The molecule has 1 aliphatic rings. The maximum atomic E-state index is 13.4. The van der Waals surface area contributed by atoms with Gasteiger partial charge in [-0.3, -0.25) is 0 Å². The van der Waals surface area contributed by atoms with Crippen LogP contribution in [-0.4, -0.2) is 42.0 Å². The van der Waals surface area contributed by atoms with Crippen molar-refractivity contribution >= 4 is 37.6 Å². The first-order valence-electron chi connectivity index (χ1n) is 9.05. The molecule has 1 atom stereocenters. The van der Waals surface area contributed by atoms with Crippen LogP contribution in [0.15, 0.2) is 62.4 Å². The Labute approximate surface area is 182 Å². The first-order chi connectivity index (χ1) is 13.8. The average Bonchev–Trinajstić information content (AvgIpc) is 3.15. The monoisotopic (exact) mass is 496 g/mol. The molecule has 3 aromatic rings. The molecule has 0 spiro atoms. The number of aliphatic hydroxyl groups excluding tert-OH is 1. The highest BCUT2D eigenvalue weighted by Crippen LogP contribution is 2.35. The summed E-state index contributed by atoms with van der Waals surface area (Å²) in [5, 5.41) is 10.3. The van der Waals surface area contributed by atoms with Crippen molar-refractivity contribution in [1.82, 2.24) is 9.29 Å². The van der Waals surface area contributed by atoms with E-state index in [2.05, 4.69) is 20.9 Å². The van der Waals surface area contributed by atoms with Gasteiger partial charge in [-0.25, -0.2) is 8.42 Å². The largest absolute Gasteiger partial charge is 0.435 e. The van der Waals surface area contributed by atoms with Gasteiger partial charge in [0.05, 0.1) is 6.10 Å². The summed E-state index contributed by atoms with van der Waals surface area (Å²) < 4.78 is 34.8. The zero-order valence-electron chi connectivity index (χ0n) is 15.3. The van der Waals surface area contributed by atoms with Gasteiger partial charge in [0.25, 0.3) is 10.0 Å². The summed E-state index contributed by atoms with van der Waals surface area (Å²) in [6.45, 7) is 0.378. The minimum Gasteiger partial charge on any atom is -0.435 e. The highest BCUT2D eigenvalue weighted by molar-refractivity contribution is 9.10. The second-order valence-electron chi connectivity index (χ2n) is 6.83. The van der Waals surface area contributed by atoms with Crippen LogP contribution in [0.2, 0.25) is 5.02 Å². The highest BCUT2D eigenvalue weighted by atomic mass is 79.9. The molecule has 1 fully saturated rings. The smallest absolute Gasteiger partial charge is 0.264 e. The van der Waals surface area contributed by atoms with Crippen molar-refractivity contribution in [1.29, 1.82) is 0 Å². The van der Waals surface area contributed by atoms with Crippen molar-refractivity contribution in [2.45, 2.75) is 24.0 Å². The number of aliphatic hydroxyl groups is 1. The second kappa shape index (κ2) is 8.20. The van der Waals surface area contributed by atoms with Crippen molar-refractivity contribution in [2.75, 3.05) is 13.1 Å². The summed E-state index contributed by atoms with van der Waals surface area (Å²) in [5.74, 6) is 0.359. The topological polar surface area (TPSA) is 83.6 Å². The van der Waals surface area contributed by atoms with Gasteiger partial charge in [0.2, 0.25) is 10.9 Å². The highest BCUT2D eigenvalue weighted by Gasteiger charge is 2.35. The molecule has 9 heteroatoms. The van der Waals surface area contributed by atoms with Crippen LogP contribution < -0.4 is 0 Å². The molecule has 0 saturated carbocycles. The molecule has 0 radical (unpaired) electrons. The lowest BCUT2D eigenvalue weighted by Gasteiger charge is -2.28. The zero-order valence-corrected chi connectivity index (χ0v) is 18.4. The first kappa shape index (κ1) is 20.6. The van der Waals surface area contributed by atoms with Crippen molar-refractivity contribution in [3.8, 4) is 22.8 Å². The molecular weight excluding hydrogens is 480 g/mol. The number of nitrogens with zero attached hydrogens (tertiary/aromatic N) is 2. The van der Waals surface area contributed by atoms with Gasteiger partial charge in [-0.15, -0.1) is 0 Å². The van der Waals surface area contributed by atoms with Gasteiger partial charge in [-0.2, -0.15) is 9.29 Å². The number of halogens is 2. The van der Waals surface area contributed by atoms with E-state index in [1.54, 1.807) is 36.4 Å². The standard InChI is InChI=1S/C20H18BrClN2O4S/c21-15-7-3-14(4-8-15)19-23-20(18(28-19)13-5-9-16(22)10-6-13)29(26,27)24-11-1-2-17(25)12-24/h3-10,17,25H,1-2,11-12H2. The predicted molar refractivity (Wildman–Crippen MR) is 114 cm³/mol. The molecule has 0 amide bonds. The molecule has 1 unspecified atom stereocenters. The van der Waals surface area contributed by atoms with E-state index in [0.29, 0.717) is 35.5 Å². The van der Waals surface area contributed by atoms with E-state index in [0.717, 1.165) is 4.47 Å². The lowest BCUT2D eigenvalue weighted by molar-refractivity contribution is 0.108. The van der Waals surface area contributed by atoms with Crippen LogP contribution in [0.1, 0.15) is 12.8 Å². The summed E-state index contributed by atoms with van der Waals surface area (Å²) in [7, 11) is -3.95. The van der Waals surface area contributed by atoms with Crippen LogP contribution in [0.4, 0.5) is 0 Å². The fourth-order valence-electron chi connectivity index (χ4n) is 3.24. The Bertz CT molecular complexity index is 1110. The summed E-state index contributed by atoms with van der Waals surface area (Å²) in [6.07, 6.45) is 0.489. The van der Waals surface area contributed by atoms with Gasteiger partial charge in [-0.1, -0.05) is 27.5 Å². The Morgan fingerprint density at radius 2 is 1.76 bits per heavy atom. The van der Waals surface area contributed by atoms with E-state index < -0.39 is 16.1 Å². The molecule has 2 heterocycles. The number of sulfonamides is 1. The summed E-state index contributed by atoms with van der Waals surface area (Å²) in [5.41, 5.74) is 1.21. The second-order valence-corrected chi connectivity index (χ2v) is 10.0. The van der Waals surface area contributed by atoms with Gasteiger partial charge in [0.1, 0.15) is 0 Å². The molecule has 0 aliphatic carbocycles. The molecule has 1 aromatic heterocycles. The van der Waals surface area contributed by atoms with Crippen molar-refractivity contribution < 1.29 is 17.9 Å². The van der Waals surface area contributed by atoms with E-state index >= 15 is 0 Å². The number of hydrogen-bond acceptors (Lipinski definition) is 5. The summed E-state index contributed by atoms with van der Waals surface area (Å²) in [6, 6.07) is 14.0. The third-order valence-corrected chi connectivity index (χ3v) is 7.29. The maximum absolute atomic E-state index is 13.4. The van der Waals surface area contributed by atoms with Crippen molar-refractivity contribution in [2.24, 2.45) is 0 Å². The molecule has 29 heavy (non-hydrogen) atoms. The number of rotatable bonds is 4. The summed E-state index contributed by atoms with van der Waals surface area (Å²) in [4.78, 5) is 4.35. The molecular formula is C20H18BrClN2O4S. The van der Waals surface area contributed by atoms with Gasteiger partial charge >= 0.3 is 0 Å². The molecule has 4 rings (SSSR count). The maximum Gasteiger partial charge on any atom is 0.264 e. The molecule has 1 aliphatic heterocycles. The van der Waals surface area contributed by atoms with Gasteiger partial charge < -0.3 is 9.52 Å². The Hall–Kier alpha value is -1.71. The zero-order chi connectivity index (χ0) is 20.6. The van der Waals surface area contributed by atoms with E-state index in [1.807, 2.05) is 12.1 Å². The Balaban J connectivity index is 1.84. The molecule has 1 saturated heterocycles. The quantitative estimate of drug-likeness (QED) is 0.571. The Kier molecular flexibility index (Phi) is 5.81. The Morgan fingerprint density at radius 3 is 2.41 bits per heavy atom. The van der Waals surface area contributed by atoms with Crippen molar-refractivity contribution in [3.05, 3.63) is 58.0 Å². The number of aromatic nitrogens is 1. The van der Waals surface area contributed by atoms with Crippen LogP contribution in [0.5, 0.6) is 0 Å². The van der Waals surface area contributed by atoms with Gasteiger partial charge in [0, 0.05) is 33.7 Å². The molecule has 1 N–H and O–H groups in total. The lowest BCUT2D eigenvalue weighted by atomic mass is 10.1. The van der Waals surface area contributed by atoms with Crippen LogP contribution in [0, 0.1) is 0 Å². The van der Waals surface area contributed by atoms with E-state index in [4.69, 9.17) is 16.0 Å². The molecule has 2 aromatic carbocycles. The number of β-amino-alcohol motifs (C(OH)–C–C–N with tert-alkyl or cyclic N) is 1. The average molecular weight is 498 g/mol. The predicted octanol–water partition coefficient (Wildman–Crippen LogP) is 4.57. The SMILES string of the molecule is O=S(=O)(c1nc(-c2ccc(Br)cc2)oc1-c1ccc(Cl)cc1)N1CCCC(O)C1. The molecule has 152 valence electrons. The van der Waals surface area contributed by atoms with E-state index in [-0.39, 0.29) is 23.2 Å². The van der Waals surface area contributed by atoms with E-state index in [9.17, 15) is 13.5 Å². The van der Waals surface area contributed by atoms with Gasteiger partial charge in [0.15, 0.2) is 5.76 Å². The van der Waals surface area contributed by atoms with Crippen molar-refractivity contribution in [3.63, 3.8) is 0 Å². The van der Waals surface area contributed by atoms with Crippen LogP contribution >= 0.6 is 27.5 Å². The fraction of sp³-hybridized carbons (Fsp3) is 0.250.